The molecule has 1 fully saturated rings. The molecule has 33 heavy (non-hydrogen) atoms. The largest absolute Gasteiger partial charge is 0.335 e. The molecule has 0 saturated carbocycles. The van der Waals surface area contributed by atoms with Crippen molar-refractivity contribution in [1.29, 1.82) is 0 Å². The molecule has 1 amide bonds. The van der Waals surface area contributed by atoms with E-state index in [4.69, 9.17) is 0 Å². The Bertz CT molecular complexity index is 1220. The van der Waals surface area contributed by atoms with E-state index in [0.29, 0.717) is 31.9 Å². The molecule has 0 radical (unpaired) electrons. The van der Waals surface area contributed by atoms with E-state index in [9.17, 15) is 13.6 Å². The van der Waals surface area contributed by atoms with Crippen molar-refractivity contribution in [3.05, 3.63) is 114 Å². The fourth-order valence-electron chi connectivity index (χ4n) is 4.53. The first-order chi connectivity index (χ1) is 16.1. The number of piperazine rings is 1. The van der Waals surface area contributed by atoms with Crippen molar-refractivity contribution in [2.24, 2.45) is 0 Å². The van der Waals surface area contributed by atoms with E-state index in [0.717, 1.165) is 21.9 Å². The van der Waals surface area contributed by atoms with E-state index >= 15 is 0 Å². The molecule has 0 N–H and O–H groups in total. The van der Waals surface area contributed by atoms with Crippen LogP contribution < -0.4 is 0 Å². The Hall–Kier alpha value is -3.64. The third kappa shape index (κ3) is 4.34. The predicted molar refractivity (Wildman–Crippen MR) is 124 cm³/mol. The smallest absolute Gasteiger partial charge is 0.273 e. The summed E-state index contributed by atoms with van der Waals surface area (Å²) < 4.78 is 27.1. The Morgan fingerprint density at radius 1 is 0.758 bits per heavy atom. The summed E-state index contributed by atoms with van der Waals surface area (Å²) in [5, 5.41) is 1.84. The molecule has 0 atom stereocenters. The minimum absolute atomic E-state index is 0.0773. The molecule has 1 aliphatic heterocycles. The first kappa shape index (κ1) is 21.2. The number of nitrogens with zero attached hydrogens (tertiary/aromatic N) is 3. The first-order valence-electron chi connectivity index (χ1n) is 11.0. The molecule has 0 bridgehead atoms. The van der Waals surface area contributed by atoms with Gasteiger partial charge >= 0.3 is 0 Å². The Balaban J connectivity index is 1.38. The standard InChI is InChI=1S/C27H23F2N3O/c28-22-9-5-20(6-10-22)26(21-7-11-23(29)12-8-21)31-15-17-32(18-16-31)27(33)25-24-4-2-1-3-19(24)13-14-30-25/h1-14,26H,15-18H2. The van der Waals surface area contributed by atoms with Crippen LogP contribution in [-0.2, 0) is 0 Å². The van der Waals surface area contributed by atoms with Gasteiger partial charge in [0.05, 0.1) is 6.04 Å². The molecule has 4 aromatic rings. The number of benzene rings is 3. The first-order valence-corrected chi connectivity index (χ1v) is 11.0. The highest BCUT2D eigenvalue weighted by Gasteiger charge is 2.29. The Labute approximate surface area is 191 Å². The molecule has 0 unspecified atom stereocenters. The van der Waals surface area contributed by atoms with Gasteiger partial charge in [-0.05, 0) is 46.8 Å². The number of rotatable bonds is 4. The number of aromatic nitrogens is 1. The summed E-state index contributed by atoms with van der Waals surface area (Å²) in [4.78, 5) is 21.7. The van der Waals surface area contributed by atoms with Gasteiger partial charge in [0.1, 0.15) is 17.3 Å². The van der Waals surface area contributed by atoms with Crippen molar-refractivity contribution in [3.63, 3.8) is 0 Å². The molecule has 6 heteroatoms. The molecule has 1 saturated heterocycles. The minimum Gasteiger partial charge on any atom is -0.335 e. The highest BCUT2D eigenvalue weighted by atomic mass is 19.1. The quantitative estimate of drug-likeness (QED) is 0.442. The molecule has 0 spiro atoms. The van der Waals surface area contributed by atoms with Crippen LogP contribution in [0.4, 0.5) is 8.78 Å². The fourth-order valence-corrected chi connectivity index (χ4v) is 4.53. The number of amides is 1. The second-order valence-corrected chi connectivity index (χ2v) is 8.21. The van der Waals surface area contributed by atoms with Gasteiger partial charge in [0.2, 0.25) is 0 Å². The Kier molecular flexibility index (Phi) is 5.84. The SMILES string of the molecule is O=C(c1nccc2ccccc12)N1CCN(C(c2ccc(F)cc2)c2ccc(F)cc2)CC1. The normalized spacial score (nSPS) is 14.7. The maximum Gasteiger partial charge on any atom is 0.273 e. The van der Waals surface area contributed by atoms with E-state index < -0.39 is 0 Å². The van der Waals surface area contributed by atoms with Gasteiger partial charge in [-0.1, -0.05) is 48.5 Å². The summed E-state index contributed by atoms with van der Waals surface area (Å²) in [6.07, 6.45) is 1.67. The molecule has 4 nitrogen and oxygen atoms in total. The fraction of sp³-hybridized carbons (Fsp3) is 0.185. The summed E-state index contributed by atoms with van der Waals surface area (Å²) in [7, 11) is 0. The Morgan fingerprint density at radius 2 is 1.33 bits per heavy atom. The van der Waals surface area contributed by atoms with Crippen LogP contribution in [0.5, 0.6) is 0 Å². The average molecular weight is 443 g/mol. The van der Waals surface area contributed by atoms with Crippen molar-refractivity contribution in [3.8, 4) is 0 Å². The summed E-state index contributed by atoms with van der Waals surface area (Å²) in [5.41, 5.74) is 2.33. The van der Waals surface area contributed by atoms with Crippen molar-refractivity contribution >= 4 is 16.7 Å². The van der Waals surface area contributed by atoms with Crippen LogP contribution in [0.15, 0.2) is 85.1 Å². The number of fused-ring (bicyclic) bond motifs is 1. The number of carbonyl (C=O) groups is 1. The molecule has 5 rings (SSSR count). The lowest BCUT2D eigenvalue weighted by Gasteiger charge is -2.39. The maximum atomic E-state index is 13.5. The van der Waals surface area contributed by atoms with E-state index in [1.807, 2.05) is 35.2 Å². The van der Waals surface area contributed by atoms with Gasteiger partial charge in [-0.2, -0.15) is 0 Å². The topological polar surface area (TPSA) is 36.4 Å². The minimum atomic E-state index is -0.297. The number of carbonyl (C=O) groups excluding carboxylic acids is 1. The molecular formula is C27H23F2N3O. The second kappa shape index (κ2) is 9.08. The number of halogens is 2. The average Bonchev–Trinajstić information content (AvgIpc) is 2.86. The van der Waals surface area contributed by atoms with Crippen molar-refractivity contribution < 1.29 is 13.6 Å². The number of pyridine rings is 1. The molecular weight excluding hydrogens is 420 g/mol. The van der Waals surface area contributed by atoms with Crippen LogP contribution in [0.3, 0.4) is 0 Å². The molecule has 166 valence electrons. The van der Waals surface area contributed by atoms with Crippen LogP contribution in [0.25, 0.3) is 10.8 Å². The van der Waals surface area contributed by atoms with Gasteiger partial charge in [0.25, 0.3) is 5.91 Å². The zero-order chi connectivity index (χ0) is 22.8. The molecule has 2 heterocycles. The highest BCUT2D eigenvalue weighted by molar-refractivity contribution is 6.05. The molecule has 0 aliphatic carbocycles. The zero-order valence-corrected chi connectivity index (χ0v) is 18.0. The number of hydrogen-bond acceptors (Lipinski definition) is 3. The third-order valence-corrected chi connectivity index (χ3v) is 6.21. The van der Waals surface area contributed by atoms with Crippen LogP contribution in [0.1, 0.15) is 27.7 Å². The van der Waals surface area contributed by atoms with E-state index in [2.05, 4.69) is 9.88 Å². The summed E-state index contributed by atoms with van der Waals surface area (Å²) in [6, 6.07) is 22.3. The summed E-state index contributed by atoms with van der Waals surface area (Å²) >= 11 is 0. The van der Waals surface area contributed by atoms with E-state index in [1.54, 1.807) is 30.5 Å². The van der Waals surface area contributed by atoms with Crippen molar-refractivity contribution in [2.75, 3.05) is 26.2 Å². The lowest BCUT2D eigenvalue weighted by molar-refractivity contribution is 0.0594. The van der Waals surface area contributed by atoms with Gasteiger partial charge in [-0.3, -0.25) is 14.7 Å². The lowest BCUT2D eigenvalue weighted by Crippen LogP contribution is -2.50. The summed E-state index contributed by atoms with van der Waals surface area (Å²) in [6.45, 7) is 2.36. The van der Waals surface area contributed by atoms with Gasteiger partial charge in [-0.15, -0.1) is 0 Å². The molecule has 1 aromatic heterocycles. The van der Waals surface area contributed by atoms with Gasteiger partial charge in [0, 0.05) is 37.8 Å². The molecule has 3 aromatic carbocycles. The van der Waals surface area contributed by atoms with Crippen LogP contribution in [0, 0.1) is 11.6 Å². The predicted octanol–water partition coefficient (Wildman–Crippen LogP) is 5.06. The highest BCUT2D eigenvalue weighted by Crippen LogP contribution is 2.30. The lowest BCUT2D eigenvalue weighted by atomic mass is 9.96. The van der Waals surface area contributed by atoms with Gasteiger partial charge in [-0.25, -0.2) is 8.78 Å². The van der Waals surface area contributed by atoms with Crippen LogP contribution in [-0.4, -0.2) is 46.9 Å². The Morgan fingerprint density at radius 3 is 1.94 bits per heavy atom. The van der Waals surface area contributed by atoms with E-state index in [-0.39, 0.29) is 23.6 Å². The van der Waals surface area contributed by atoms with Gasteiger partial charge < -0.3 is 4.90 Å². The van der Waals surface area contributed by atoms with Crippen LogP contribution in [0.2, 0.25) is 0 Å². The van der Waals surface area contributed by atoms with Crippen molar-refractivity contribution in [1.82, 2.24) is 14.8 Å². The second-order valence-electron chi connectivity index (χ2n) is 8.21. The van der Waals surface area contributed by atoms with Crippen LogP contribution >= 0.6 is 0 Å². The van der Waals surface area contributed by atoms with Crippen molar-refractivity contribution in [2.45, 2.75) is 6.04 Å². The number of hydrogen-bond donors (Lipinski definition) is 0. The maximum absolute atomic E-state index is 13.5. The van der Waals surface area contributed by atoms with E-state index in [1.165, 1.54) is 24.3 Å². The third-order valence-electron chi connectivity index (χ3n) is 6.21. The summed E-state index contributed by atoms with van der Waals surface area (Å²) in [5.74, 6) is -0.671. The van der Waals surface area contributed by atoms with Gasteiger partial charge in [0.15, 0.2) is 0 Å². The molecule has 1 aliphatic rings. The monoisotopic (exact) mass is 443 g/mol. The zero-order valence-electron chi connectivity index (χ0n) is 18.0.